The van der Waals surface area contributed by atoms with E-state index in [2.05, 4.69) is 37.9 Å². The van der Waals surface area contributed by atoms with Gasteiger partial charge in [-0.05, 0) is 38.1 Å². The molecule has 0 spiro atoms. The molecule has 1 aliphatic rings. The highest BCUT2D eigenvalue weighted by atomic mass is 32.1. The zero-order valence-corrected chi connectivity index (χ0v) is 14.9. The maximum absolute atomic E-state index is 4.98. The predicted octanol–water partition coefficient (Wildman–Crippen LogP) is 4.22. The van der Waals surface area contributed by atoms with Gasteiger partial charge >= 0.3 is 0 Å². The van der Waals surface area contributed by atoms with Gasteiger partial charge in [-0.2, -0.15) is 0 Å². The van der Waals surface area contributed by atoms with Crippen molar-refractivity contribution in [2.75, 3.05) is 18.0 Å². The van der Waals surface area contributed by atoms with E-state index in [9.17, 15) is 0 Å². The molecule has 3 nitrogen and oxygen atoms in total. The molecule has 1 aromatic rings. The van der Waals surface area contributed by atoms with Crippen molar-refractivity contribution in [1.29, 1.82) is 0 Å². The van der Waals surface area contributed by atoms with Gasteiger partial charge in [0.05, 0.1) is 5.69 Å². The molecule has 0 bridgehead atoms. The molecule has 2 rings (SSSR count). The monoisotopic (exact) mass is 309 g/mol. The normalized spacial score (nSPS) is 18.9. The Morgan fingerprint density at radius 2 is 2.19 bits per heavy atom. The summed E-state index contributed by atoms with van der Waals surface area (Å²) < 4.78 is 0. The van der Waals surface area contributed by atoms with Crippen molar-refractivity contribution in [3.8, 4) is 0 Å². The molecule has 0 aliphatic carbocycles. The van der Waals surface area contributed by atoms with Crippen LogP contribution in [0.3, 0.4) is 0 Å². The zero-order chi connectivity index (χ0) is 15.2. The summed E-state index contributed by atoms with van der Waals surface area (Å²) >= 11 is 1.92. The van der Waals surface area contributed by atoms with Crippen LogP contribution in [0.2, 0.25) is 0 Å². The van der Waals surface area contributed by atoms with Crippen LogP contribution in [-0.4, -0.2) is 24.1 Å². The van der Waals surface area contributed by atoms with Gasteiger partial charge in [0.1, 0.15) is 0 Å². The third kappa shape index (κ3) is 4.43. The average molecular weight is 310 g/mol. The first kappa shape index (κ1) is 16.8. The summed E-state index contributed by atoms with van der Waals surface area (Å²) in [5.74, 6) is 0.704. The molecule has 1 aromatic heterocycles. The Balaban J connectivity index is 2.08. The number of nitrogens with one attached hydrogen (secondary N) is 1. The largest absolute Gasteiger partial charge is 0.345 e. The molecular formula is C17H31N3S. The van der Waals surface area contributed by atoms with Crippen LogP contribution in [-0.2, 0) is 13.0 Å². The molecule has 0 amide bonds. The van der Waals surface area contributed by atoms with Crippen molar-refractivity contribution in [1.82, 2.24) is 10.3 Å². The van der Waals surface area contributed by atoms with Crippen LogP contribution >= 0.6 is 11.3 Å². The standard InChI is InChI=1S/C17H31N3S/c1-5-8-15-16(12-18-11-13(3)4)21-17(19-15)20-10-7-9-14(20)6-2/h13-14,18H,5-12H2,1-4H3. The van der Waals surface area contributed by atoms with Crippen molar-refractivity contribution in [3.05, 3.63) is 10.6 Å². The molecule has 0 saturated carbocycles. The van der Waals surface area contributed by atoms with Gasteiger partial charge in [-0.25, -0.2) is 4.98 Å². The van der Waals surface area contributed by atoms with Crippen molar-refractivity contribution in [3.63, 3.8) is 0 Å². The minimum absolute atomic E-state index is 0.704. The smallest absolute Gasteiger partial charge is 0.186 e. The van der Waals surface area contributed by atoms with E-state index >= 15 is 0 Å². The average Bonchev–Trinajstić information content (AvgIpc) is 3.05. The second-order valence-electron chi connectivity index (χ2n) is 6.54. The quantitative estimate of drug-likeness (QED) is 0.779. The van der Waals surface area contributed by atoms with E-state index in [0.717, 1.165) is 19.5 Å². The number of rotatable bonds is 8. The second kappa shape index (κ2) is 8.14. The predicted molar refractivity (Wildman–Crippen MR) is 93.3 cm³/mol. The highest BCUT2D eigenvalue weighted by Gasteiger charge is 2.26. The van der Waals surface area contributed by atoms with Gasteiger partial charge < -0.3 is 10.2 Å². The fraction of sp³-hybridized carbons (Fsp3) is 0.824. The highest BCUT2D eigenvalue weighted by molar-refractivity contribution is 7.15. The van der Waals surface area contributed by atoms with Gasteiger partial charge in [-0.15, -0.1) is 11.3 Å². The Kier molecular flexibility index (Phi) is 6.49. The zero-order valence-electron chi connectivity index (χ0n) is 14.1. The lowest BCUT2D eigenvalue weighted by atomic mass is 10.2. The van der Waals surface area contributed by atoms with Crippen molar-refractivity contribution >= 4 is 16.5 Å². The second-order valence-corrected chi connectivity index (χ2v) is 7.60. The summed E-state index contributed by atoms with van der Waals surface area (Å²) in [6.45, 7) is 12.3. The number of aryl methyl sites for hydroxylation is 1. The van der Waals surface area contributed by atoms with Gasteiger partial charge in [-0.3, -0.25) is 0 Å². The molecule has 1 N–H and O–H groups in total. The molecule has 1 aliphatic heterocycles. The lowest BCUT2D eigenvalue weighted by Gasteiger charge is -2.22. The van der Waals surface area contributed by atoms with Crippen LogP contribution in [0.1, 0.15) is 63.9 Å². The van der Waals surface area contributed by atoms with Gasteiger partial charge in [0.2, 0.25) is 0 Å². The van der Waals surface area contributed by atoms with E-state index in [1.807, 2.05) is 11.3 Å². The van der Waals surface area contributed by atoms with Crippen molar-refractivity contribution < 1.29 is 0 Å². The first-order valence-electron chi connectivity index (χ1n) is 8.61. The Bertz CT molecular complexity index is 428. The summed E-state index contributed by atoms with van der Waals surface area (Å²) in [7, 11) is 0. The number of hydrogen-bond donors (Lipinski definition) is 1. The summed E-state index contributed by atoms with van der Waals surface area (Å²) in [4.78, 5) is 8.99. The maximum atomic E-state index is 4.98. The molecule has 0 aromatic carbocycles. The van der Waals surface area contributed by atoms with Gasteiger partial charge in [-0.1, -0.05) is 34.1 Å². The third-order valence-electron chi connectivity index (χ3n) is 4.19. The Morgan fingerprint density at radius 3 is 2.86 bits per heavy atom. The first-order chi connectivity index (χ1) is 10.2. The Morgan fingerprint density at radius 1 is 1.38 bits per heavy atom. The maximum Gasteiger partial charge on any atom is 0.186 e. The van der Waals surface area contributed by atoms with Gasteiger partial charge in [0, 0.05) is 24.0 Å². The lowest BCUT2D eigenvalue weighted by Crippen LogP contribution is -2.28. The van der Waals surface area contributed by atoms with E-state index in [4.69, 9.17) is 4.98 Å². The highest BCUT2D eigenvalue weighted by Crippen LogP contribution is 2.33. The molecule has 120 valence electrons. The molecule has 1 unspecified atom stereocenters. The summed E-state index contributed by atoms with van der Waals surface area (Å²) in [5.41, 5.74) is 1.33. The SMILES string of the molecule is CCCc1nc(N2CCCC2CC)sc1CNCC(C)C. The molecule has 21 heavy (non-hydrogen) atoms. The number of thiazole rings is 1. The molecule has 2 heterocycles. The summed E-state index contributed by atoms with van der Waals surface area (Å²) in [5, 5.41) is 4.85. The van der Waals surface area contributed by atoms with Gasteiger partial charge in [0.15, 0.2) is 5.13 Å². The number of aromatic nitrogens is 1. The minimum Gasteiger partial charge on any atom is -0.345 e. The van der Waals surface area contributed by atoms with E-state index in [0.29, 0.717) is 12.0 Å². The molecule has 0 radical (unpaired) electrons. The Hall–Kier alpha value is -0.610. The fourth-order valence-corrected chi connectivity index (χ4v) is 4.22. The van der Waals surface area contributed by atoms with Crippen LogP contribution < -0.4 is 10.2 Å². The molecule has 1 atom stereocenters. The molecular weight excluding hydrogens is 278 g/mol. The lowest BCUT2D eigenvalue weighted by molar-refractivity contribution is 0.553. The first-order valence-corrected chi connectivity index (χ1v) is 9.43. The molecule has 4 heteroatoms. The van der Waals surface area contributed by atoms with Gasteiger partial charge in [0.25, 0.3) is 0 Å². The van der Waals surface area contributed by atoms with Crippen LogP contribution in [0, 0.1) is 5.92 Å². The topological polar surface area (TPSA) is 28.2 Å². The number of nitrogens with zero attached hydrogens (tertiary/aromatic N) is 2. The number of hydrogen-bond acceptors (Lipinski definition) is 4. The van der Waals surface area contributed by atoms with E-state index in [-0.39, 0.29) is 0 Å². The fourth-order valence-electron chi connectivity index (χ4n) is 3.05. The molecule has 1 saturated heterocycles. The Labute approximate surface area is 134 Å². The van der Waals surface area contributed by atoms with E-state index in [1.54, 1.807) is 0 Å². The third-order valence-corrected chi connectivity index (χ3v) is 5.32. The van der Waals surface area contributed by atoms with E-state index in [1.165, 1.54) is 47.9 Å². The summed E-state index contributed by atoms with van der Waals surface area (Å²) in [6, 6.07) is 0.710. The molecule has 1 fully saturated rings. The minimum atomic E-state index is 0.704. The van der Waals surface area contributed by atoms with Crippen LogP contribution in [0.4, 0.5) is 5.13 Å². The number of anilines is 1. The van der Waals surface area contributed by atoms with Crippen molar-refractivity contribution in [2.45, 2.75) is 72.4 Å². The van der Waals surface area contributed by atoms with Crippen LogP contribution in [0.15, 0.2) is 0 Å². The summed E-state index contributed by atoms with van der Waals surface area (Å²) in [6.07, 6.45) is 6.18. The van der Waals surface area contributed by atoms with Crippen molar-refractivity contribution in [2.24, 2.45) is 5.92 Å². The van der Waals surface area contributed by atoms with E-state index < -0.39 is 0 Å². The van der Waals surface area contributed by atoms with Crippen LogP contribution in [0.25, 0.3) is 0 Å². The van der Waals surface area contributed by atoms with Crippen LogP contribution in [0.5, 0.6) is 0 Å².